The van der Waals surface area contributed by atoms with E-state index in [-0.39, 0.29) is 0 Å². The Balaban J connectivity index is 1.97. The van der Waals surface area contributed by atoms with Crippen molar-refractivity contribution in [3.05, 3.63) is 35.9 Å². The molecule has 1 saturated carbocycles. The Labute approximate surface area is 124 Å². The molecular formula is C18H30N2. The van der Waals surface area contributed by atoms with Gasteiger partial charge < -0.3 is 5.32 Å². The quantitative estimate of drug-likeness (QED) is 0.853. The molecule has 2 atom stereocenters. The maximum Gasteiger partial charge on any atom is 0.0233 e. The predicted molar refractivity (Wildman–Crippen MR) is 86.7 cm³/mol. The van der Waals surface area contributed by atoms with Crippen LogP contribution in [0, 0.1) is 11.3 Å². The van der Waals surface area contributed by atoms with E-state index in [0.29, 0.717) is 11.5 Å². The van der Waals surface area contributed by atoms with E-state index in [2.05, 4.69) is 68.4 Å². The van der Waals surface area contributed by atoms with Crippen molar-refractivity contribution >= 4 is 0 Å². The minimum Gasteiger partial charge on any atom is -0.316 e. The third-order valence-electron chi connectivity index (χ3n) is 4.97. The van der Waals surface area contributed by atoms with Crippen LogP contribution >= 0.6 is 0 Å². The lowest BCUT2D eigenvalue weighted by Crippen LogP contribution is -2.44. The second-order valence-electron chi connectivity index (χ2n) is 6.87. The van der Waals surface area contributed by atoms with Crippen LogP contribution in [0.15, 0.2) is 30.3 Å². The van der Waals surface area contributed by atoms with E-state index in [9.17, 15) is 0 Å². The van der Waals surface area contributed by atoms with Gasteiger partial charge in [-0.3, -0.25) is 4.90 Å². The maximum absolute atomic E-state index is 3.57. The van der Waals surface area contributed by atoms with Crippen molar-refractivity contribution < 1.29 is 0 Å². The van der Waals surface area contributed by atoms with E-state index < -0.39 is 0 Å². The number of hydrogen-bond acceptors (Lipinski definition) is 2. The highest BCUT2D eigenvalue weighted by atomic mass is 15.1. The fourth-order valence-electron chi connectivity index (χ4n) is 3.82. The molecule has 2 rings (SSSR count). The number of hydrogen-bond donors (Lipinski definition) is 1. The van der Waals surface area contributed by atoms with Crippen molar-refractivity contribution in [2.45, 2.75) is 46.2 Å². The van der Waals surface area contributed by atoms with E-state index in [0.717, 1.165) is 19.0 Å². The van der Waals surface area contributed by atoms with Crippen molar-refractivity contribution in [1.82, 2.24) is 10.2 Å². The molecule has 0 aliphatic heterocycles. The Hall–Kier alpha value is -0.860. The second-order valence-corrected chi connectivity index (χ2v) is 6.87. The molecule has 0 spiro atoms. The fourth-order valence-corrected chi connectivity index (χ4v) is 3.82. The number of rotatable bonds is 6. The van der Waals surface area contributed by atoms with Crippen molar-refractivity contribution in [2.24, 2.45) is 11.3 Å². The third kappa shape index (κ3) is 3.62. The standard InChI is InChI=1S/C18H30N2/c1-5-20(13-15-9-7-6-8-10-15)14-16-11-12-18(2,3)17(16)19-4/h6-10,16-17,19H,5,11-14H2,1-4H3. The Morgan fingerprint density at radius 3 is 2.55 bits per heavy atom. The number of nitrogens with one attached hydrogen (secondary N) is 1. The molecule has 1 aliphatic rings. The summed E-state index contributed by atoms with van der Waals surface area (Å²) in [5, 5.41) is 3.57. The van der Waals surface area contributed by atoms with Crippen LogP contribution in [-0.4, -0.2) is 31.1 Å². The van der Waals surface area contributed by atoms with Crippen LogP contribution in [-0.2, 0) is 6.54 Å². The summed E-state index contributed by atoms with van der Waals surface area (Å²) in [4.78, 5) is 2.59. The van der Waals surface area contributed by atoms with Gasteiger partial charge in [0.15, 0.2) is 0 Å². The first-order valence-corrected chi connectivity index (χ1v) is 8.00. The van der Waals surface area contributed by atoms with E-state index in [4.69, 9.17) is 0 Å². The molecule has 20 heavy (non-hydrogen) atoms. The van der Waals surface area contributed by atoms with Gasteiger partial charge in [0.1, 0.15) is 0 Å². The molecule has 0 saturated heterocycles. The summed E-state index contributed by atoms with van der Waals surface area (Å²) in [6.45, 7) is 10.5. The highest BCUT2D eigenvalue weighted by Gasteiger charge is 2.41. The van der Waals surface area contributed by atoms with Crippen LogP contribution in [0.2, 0.25) is 0 Å². The summed E-state index contributed by atoms with van der Waals surface area (Å²) in [5.74, 6) is 0.777. The molecule has 1 aromatic rings. The first-order chi connectivity index (χ1) is 9.56. The van der Waals surface area contributed by atoms with Crippen LogP contribution in [0.5, 0.6) is 0 Å². The van der Waals surface area contributed by atoms with Gasteiger partial charge in [0.05, 0.1) is 0 Å². The van der Waals surface area contributed by atoms with Gasteiger partial charge in [0, 0.05) is 19.1 Å². The zero-order chi connectivity index (χ0) is 14.6. The van der Waals surface area contributed by atoms with Crippen LogP contribution in [0.25, 0.3) is 0 Å². The van der Waals surface area contributed by atoms with Crippen molar-refractivity contribution in [3.63, 3.8) is 0 Å². The van der Waals surface area contributed by atoms with Gasteiger partial charge in [-0.2, -0.15) is 0 Å². The lowest BCUT2D eigenvalue weighted by Gasteiger charge is -2.33. The molecule has 0 heterocycles. The third-order valence-corrected chi connectivity index (χ3v) is 4.97. The Kier molecular flexibility index (Phi) is 5.22. The van der Waals surface area contributed by atoms with E-state index in [1.807, 2.05) is 0 Å². The number of benzene rings is 1. The summed E-state index contributed by atoms with van der Waals surface area (Å²) in [6, 6.07) is 11.5. The van der Waals surface area contributed by atoms with Gasteiger partial charge in [0.2, 0.25) is 0 Å². The number of nitrogens with zero attached hydrogens (tertiary/aromatic N) is 1. The van der Waals surface area contributed by atoms with Crippen LogP contribution < -0.4 is 5.32 Å². The first-order valence-electron chi connectivity index (χ1n) is 8.00. The molecule has 2 heteroatoms. The SMILES string of the molecule is CCN(Cc1ccccc1)CC1CCC(C)(C)C1NC. The van der Waals surface area contributed by atoms with Crippen molar-refractivity contribution in [3.8, 4) is 0 Å². The molecule has 1 aromatic carbocycles. The minimum atomic E-state index is 0.436. The van der Waals surface area contributed by atoms with Gasteiger partial charge in [-0.1, -0.05) is 51.1 Å². The van der Waals surface area contributed by atoms with Gasteiger partial charge in [-0.15, -0.1) is 0 Å². The molecule has 112 valence electrons. The Morgan fingerprint density at radius 2 is 1.95 bits per heavy atom. The molecule has 0 aromatic heterocycles. The van der Waals surface area contributed by atoms with Gasteiger partial charge in [-0.05, 0) is 43.3 Å². The zero-order valence-corrected chi connectivity index (χ0v) is 13.5. The molecule has 0 bridgehead atoms. The van der Waals surface area contributed by atoms with Gasteiger partial charge >= 0.3 is 0 Å². The summed E-state index contributed by atoms with van der Waals surface area (Å²) in [6.07, 6.45) is 2.69. The largest absolute Gasteiger partial charge is 0.316 e. The van der Waals surface area contributed by atoms with Crippen LogP contribution in [0.3, 0.4) is 0 Å². The van der Waals surface area contributed by atoms with E-state index >= 15 is 0 Å². The summed E-state index contributed by atoms with van der Waals surface area (Å²) in [5.41, 5.74) is 1.86. The molecular weight excluding hydrogens is 244 g/mol. The smallest absolute Gasteiger partial charge is 0.0233 e. The average molecular weight is 274 g/mol. The summed E-state index contributed by atoms with van der Waals surface area (Å²) < 4.78 is 0. The Bertz CT molecular complexity index is 399. The minimum absolute atomic E-state index is 0.436. The summed E-state index contributed by atoms with van der Waals surface area (Å²) in [7, 11) is 2.12. The maximum atomic E-state index is 3.57. The highest BCUT2D eigenvalue weighted by Crippen LogP contribution is 2.41. The normalized spacial score (nSPS) is 25.2. The van der Waals surface area contributed by atoms with E-state index in [1.165, 1.54) is 24.9 Å². The molecule has 1 aliphatic carbocycles. The van der Waals surface area contributed by atoms with Gasteiger partial charge in [0.25, 0.3) is 0 Å². The topological polar surface area (TPSA) is 15.3 Å². The van der Waals surface area contributed by atoms with Crippen LogP contribution in [0.4, 0.5) is 0 Å². The molecule has 1 N–H and O–H groups in total. The first kappa shape index (κ1) is 15.5. The molecule has 2 nitrogen and oxygen atoms in total. The monoisotopic (exact) mass is 274 g/mol. The van der Waals surface area contributed by atoms with E-state index in [1.54, 1.807) is 0 Å². The van der Waals surface area contributed by atoms with Gasteiger partial charge in [-0.25, -0.2) is 0 Å². The Morgan fingerprint density at radius 1 is 1.25 bits per heavy atom. The zero-order valence-electron chi connectivity index (χ0n) is 13.5. The lowest BCUT2D eigenvalue weighted by atomic mass is 9.85. The summed E-state index contributed by atoms with van der Waals surface area (Å²) >= 11 is 0. The highest BCUT2D eigenvalue weighted by molar-refractivity contribution is 5.14. The second kappa shape index (κ2) is 6.73. The lowest BCUT2D eigenvalue weighted by molar-refractivity contribution is 0.189. The van der Waals surface area contributed by atoms with Crippen molar-refractivity contribution in [2.75, 3.05) is 20.1 Å². The predicted octanol–water partition coefficient (Wildman–Crippen LogP) is 3.53. The molecule has 0 amide bonds. The molecule has 1 fully saturated rings. The average Bonchev–Trinajstić information content (AvgIpc) is 2.73. The molecule has 0 radical (unpaired) electrons. The van der Waals surface area contributed by atoms with Crippen molar-refractivity contribution in [1.29, 1.82) is 0 Å². The van der Waals surface area contributed by atoms with Crippen LogP contribution in [0.1, 0.15) is 39.2 Å². The molecule has 2 unspecified atom stereocenters. The fraction of sp³-hybridized carbons (Fsp3) is 0.667.